The van der Waals surface area contributed by atoms with Crippen LogP contribution in [-0.2, 0) is 4.74 Å². The van der Waals surface area contributed by atoms with Crippen LogP contribution in [0.5, 0.6) is 5.75 Å². The molecule has 1 fully saturated rings. The minimum Gasteiger partial charge on any atom is -0.496 e. The standard InChI is InChI=1S/C18H27NO4/c1-6-23-15-10-18(21,17(15,3)4)11-19-16(20)13-8-7-12(2)14(9-13)22-5/h7-9,15,21H,6,10-11H2,1-5H3,(H,19,20). The third kappa shape index (κ3) is 3.21. The van der Waals surface area contributed by atoms with Crippen LogP contribution in [0.3, 0.4) is 0 Å². The molecular formula is C18H27NO4. The number of hydrogen-bond donors (Lipinski definition) is 2. The van der Waals surface area contributed by atoms with Crippen molar-refractivity contribution in [3.05, 3.63) is 29.3 Å². The van der Waals surface area contributed by atoms with Crippen molar-refractivity contribution in [1.82, 2.24) is 5.32 Å². The topological polar surface area (TPSA) is 67.8 Å². The third-order valence-electron chi connectivity index (χ3n) is 5.11. The Bertz CT molecular complexity index is 584. The van der Waals surface area contributed by atoms with E-state index < -0.39 is 5.60 Å². The van der Waals surface area contributed by atoms with Gasteiger partial charge in [-0.2, -0.15) is 0 Å². The Morgan fingerprint density at radius 3 is 2.70 bits per heavy atom. The molecule has 0 radical (unpaired) electrons. The first kappa shape index (κ1) is 17.8. The van der Waals surface area contributed by atoms with Crippen LogP contribution in [-0.4, -0.2) is 43.0 Å². The summed E-state index contributed by atoms with van der Waals surface area (Å²) in [5.41, 5.74) is 0.162. The first-order chi connectivity index (χ1) is 10.7. The summed E-state index contributed by atoms with van der Waals surface area (Å²) in [6, 6.07) is 5.32. The molecule has 2 unspecified atom stereocenters. The van der Waals surface area contributed by atoms with Gasteiger partial charge >= 0.3 is 0 Å². The fourth-order valence-corrected chi connectivity index (χ4v) is 3.05. The highest BCUT2D eigenvalue weighted by Gasteiger charge is 2.59. The van der Waals surface area contributed by atoms with Crippen LogP contribution in [0.4, 0.5) is 0 Å². The van der Waals surface area contributed by atoms with Crippen molar-refractivity contribution in [3.8, 4) is 5.75 Å². The number of ether oxygens (including phenoxy) is 2. The van der Waals surface area contributed by atoms with Crippen molar-refractivity contribution in [3.63, 3.8) is 0 Å². The third-order valence-corrected chi connectivity index (χ3v) is 5.11. The van der Waals surface area contributed by atoms with E-state index in [0.29, 0.717) is 24.3 Å². The number of aryl methyl sites for hydroxylation is 1. The van der Waals surface area contributed by atoms with Crippen LogP contribution in [0.1, 0.15) is 43.1 Å². The van der Waals surface area contributed by atoms with Gasteiger partial charge in [0.2, 0.25) is 0 Å². The summed E-state index contributed by atoms with van der Waals surface area (Å²) < 4.78 is 10.9. The molecule has 1 aliphatic rings. The highest BCUT2D eigenvalue weighted by molar-refractivity contribution is 5.94. The molecule has 2 rings (SSSR count). The number of carbonyl (C=O) groups is 1. The average molecular weight is 321 g/mol. The van der Waals surface area contributed by atoms with Crippen molar-refractivity contribution in [2.24, 2.45) is 5.41 Å². The highest BCUT2D eigenvalue weighted by atomic mass is 16.5. The predicted molar refractivity (Wildman–Crippen MR) is 88.8 cm³/mol. The average Bonchev–Trinajstić information content (AvgIpc) is 2.52. The van der Waals surface area contributed by atoms with Crippen LogP contribution in [0, 0.1) is 12.3 Å². The molecule has 1 aliphatic carbocycles. The van der Waals surface area contributed by atoms with E-state index in [1.165, 1.54) is 0 Å². The van der Waals surface area contributed by atoms with E-state index in [9.17, 15) is 9.90 Å². The molecule has 0 spiro atoms. The van der Waals surface area contributed by atoms with E-state index in [1.54, 1.807) is 19.2 Å². The van der Waals surface area contributed by atoms with Crippen molar-refractivity contribution in [2.75, 3.05) is 20.3 Å². The molecule has 0 aromatic heterocycles. The van der Waals surface area contributed by atoms with Crippen molar-refractivity contribution in [1.29, 1.82) is 0 Å². The van der Waals surface area contributed by atoms with Crippen molar-refractivity contribution < 1.29 is 19.4 Å². The molecule has 0 bridgehead atoms. The molecule has 0 saturated heterocycles. The number of methoxy groups -OCH3 is 1. The molecule has 1 aromatic carbocycles. The van der Waals surface area contributed by atoms with E-state index in [-0.39, 0.29) is 24.0 Å². The zero-order valence-electron chi connectivity index (χ0n) is 14.6. The molecule has 1 amide bonds. The smallest absolute Gasteiger partial charge is 0.251 e. The van der Waals surface area contributed by atoms with Crippen LogP contribution >= 0.6 is 0 Å². The van der Waals surface area contributed by atoms with Crippen LogP contribution in [0.15, 0.2) is 18.2 Å². The van der Waals surface area contributed by atoms with E-state index in [2.05, 4.69) is 5.32 Å². The highest BCUT2D eigenvalue weighted by Crippen LogP contribution is 2.50. The summed E-state index contributed by atoms with van der Waals surface area (Å²) in [6.45, 7) is 8.64. The second-order valence-electron chi connectivity index (χ2n) is 6.77. The number of carbonyl (C=O) groups excluding carboxylic acids is 1. The van der Waals surface area contributed by atoms with Crippen LogP contribution in [0.2, 0.25) is 0 Å². The molecule has 0 heterocycles. The van der Waals surface area contributed by atoms with Gasteiger partial charge in [-0.3, -0.25) is 4.79 Å². The van der Waals surface area contributed by atoms with E-state index in [0.717, 1.165) is 5.56 Å². The lowest BCUT2D eigenvalue weighted by Gasteiger charge is -2.57. The number of hydrogen-bond acceptors (Lipinski definition) is 4. The summed E-state index contributed by atoms with van der Waals surface area (Å²) in [6.07, 6.45) is 0.555. The number of aliphatic hydroxyl groups is 1. The Balaban J connectivity index is 2.00. The molecule has 2 N–H and O–H groups in total. The summed E-state index contributed by atoms with van der Waals surface area (Å²) >= 11 is 0. The van der Waals surface area contributed by atoms with Crippen LogP contribution < -0.4 is 10.1 Å². The molecule has 5 nitrogen and oxygen atoms in total. The molecule has 23 heavy (non-hydrogen) atoms. The first-order valence-electron chi connectivity index (χ1n) is 8.02. The fourth-order valence-electron chi connectivity index (χ4n) is 3.05. The molecule has 2 atom stereocenters. The number of nitrogens with one attached hydrogen (secondary N) is 1. The Kier molecular flexibility index (Phi) is 5.01. The second kappa shape index (κ2) is 6.49. The Morgan fingerprint density at radius 2 is 2.13 bits per heavy atom. The normalized spacial score (nSPS) is 25.6. The Labute approximate surface area is 138 Å². The van der Waals surface area contributed by atoms with Crippen LogP contribution in [0.25, 0.3) is 0 Å². The molecule has 0 aliphatic heterocycles. The minimum atomic E-state index is -0.947. The number of rotatable bonds is 6. The predicted octanol–water partition coefficient (Wildman–Crippen LogP) is 2.30. The lowest BCUT2D eigenvalue weighted by molar-refractivity contribution is -0.237. The summed E-state index contributed by atoms with van der Waals surface area (Å²) in [5, 5.41) is 13.6. The van der Waals surface area contributed by atoms with Gasteiger partial charge in [0.1, 0.15) is 5.75 Å². The Hall–Kier alpha value is -1.59. The van der Waals surface area contributed by atoms with Gasteiger partial charge in [-0.05, 0) is 31.5 Å². The lowest BCUT2D eigenvalue weighted by atomic mass is 9.56. The van der Waals surface area contributed by atoms with Gasteiger partial charge in [-0.1, -0.05) is 19.9 Å². The summed E-state index contributed by atoms with van der Waals surface area (Å²) in [5.74, 6) is 0.462. The first-order valence-corrected chi connectivity index (χ1v) is 8.02. The zero-order chi connectivity index (χ0) is 17.3. The monoisotopic (exact) mass is 321 g/mol. The van der Waals surface area contributed by atoms with Gasteiger partial charge in [-0.25, -0.2) is 0 Å². The maximum Gasteiger partial charge on any atom is 0.251 e. The Morgan fingerprint density at radius 1 is 1.43 bits per heavy atom. The van der Waals surface area contributed by atoms with E-state index in [1.807, 2.05) is 33.8 Å². The van der Waals surface area contributed by atoms with Gasteiger partial charge in [0.25, 0.3) is 5.91 Å². The van der Waals surface area contributed by atoms with Gasteiger partial charge in [-0.15, -0.1) is 0 Å². The summed E-state index contributed by atoms with van der Waals surface area (Å²) in [4.78, 5) is 12.3. The number of amides is 1. The zero-order valence-corrected chi connectivity index (χ0v) is 14.6. The fraction of sp³-hybridized carbons (Fsp3) is 0.611. The second-order valence-corrected chi connectivity index (χ2v) is 6.77. The maximum atomic E-state index is 12.3. The molecule has 5 heteroatoms. The van der Waals surface area contributed by atoms with Gasteiger partial charge in [0.15, 0.2) is 0 Å². The SMILES string of the molecule is CCOC1CC(O)(CNC(=O)c2ccc(C)c(OC)c2)C1(C)C. The van der Waals surface area contributed by atoms with Gasteiger partial charge < -0.3 is 19.9 Å². The molecule has 1 saturated carbocycles. The van der Waals surface area contributed by atoms with Crippen molar-refractivity contribution in [2.45, 2.75) is 45.8 Å². The van der Waals surface area contributed by atoms with Gasteiger partial charge in [0.05, 0.1) is 18.8 Å². The molecule has 1 aromatic rings. The quantitative estimate of drug-likeness (QED) is 0.843. The van der Waals surface area contributed by atoms with Crippen molar-refractivity contribution >= 4 is 5.91 Å². The van der Waals surface area contributed by atoms with E-state index >= 15 is 0 Å². The lowest BCUT2D eigenvalue weighted by Crippen LogP contribution is -2.68. The van der Waals surface area contributed by atoms with E-state index in [4.69, 9.17) is 9.47 Å². The molecular weight excluding hydrogens is 294 g/mol. The number of benzene rings is 1. The van der Waals surface area contributed by atoms with Gasteiger partial charge in [0, 0.05) is 30.6 Å². The largest absolute Gasteiger partial charge is 0.496 e. The summed E-state index contributed by atoms with van der Waals surface area (Å²) in [7, 11) is 1.58. The molecule has 128 valence electrons. The minimum absolute atomic E-state index is 0.0221. The maximum absolute atomic E-state index is 12.3.